The number of sulfonamides is 1. The van der Waals surface area contributed by atoms with Gasteiger partial charge in [-0.15, -0.1) is 11.3 Å². The Labute approximate surface area is 135 Å². The van der Waals surface area contributed by atoms with Gasteiger partial charge in [-0.3, -0.25) is 4.72 Å². The van der Waals surface area contributed by atoms with Crippen LogP contribution in [0.1, 0.15) is 10.4 Å². The smallest absolute Gasteiger partial charge is 0.263 e. The Kier molecular flexibility index (Phi) is 4.76. The number of hydrogen-bond acceptors (Lipinski definition) is 4. The molecule has 8 heteroatoms. The summed E-state index contributed by atoms with van der Waals surface area (Å²) >= 11 is 10.6. The van der Waals surface area contributed by atoms with E-state index in [2.05, 4.69) is 20.7 Å². The van der Waals surface area contributed by atoms with Crippen LogP contribution in [-0.4, -0.2) is 8.42 Å². The second-order valence-electron chi connectivity index (χ2n) is 4.14. The van der Waals surface area contributed by atoms with Gasteiger partial charge in [0.2, 0.25) is 0 Å². The molecule has 2 aromatic rings. The van der Waals surface area contributed by atoms with E-state index in [9.17, 15) is 8.42 Å². The second kappa shape index (κ2) is 6.03. The molecule has 20 heavy (non-hydrogen) atoms. The highest BCUT2D eigenvalue weighted by Gasteiger charge is 2.21. The topological polar surface area (TPSA) is 72.2 Å². The Morgan fingerprint density at radius 2 is 2.10 bits per heavy atom. The lowest BCUT2D eigenvalue weighted by atomic mass is 10.2. The van der Waals surface area contributed by atoms with Gasteiger partial charge in [-0.1, -0.05) is 17.7 Å². The summed E-state index contributed by atoms with van der Waals surface area (Å²) in [7, 11) is -3.70. The summed E-state index contributed by atoms with van der Waals surface area (Å²) in [6.45, 7) is 2.16. The maximum atomic E-state index is 12.4. The number of aryl methyl sites for hydroxylation is 1. The molecule has 3 N–H and O–H groups in total. The number of thiophene rings is 1. The molecule has 1 aromatic carbocycles. The minimum atomic E-state index is -3.70. The van der Waals surface area contributed by atoms with Crippen LogP contribution in [0.5, 0.6) is 0 Å². The normalized spacial score (nSPS) is 11.6. The molecule has 0 spiro atoms. The molecule has 0 saturated heterocycles. The van der Waals surface area contributed by atoms with E-state index in [1.807, 2.05) is 13.0 Å². The van der Waals surface area contributed by atoms with Crippen molar-refractivity contribution in [1.29, 1.82) is 0 Å². The summed E-state index contributed by atoms with van der Waals surface area (Å²) in [5, 5.41) is 0.351. The van der Waals surface area contributed by atoms with Gasteiger partial charge in [0, 0.05) is 11.4 Å². The number of anilines is 1. The van der Waals surface area contributed by atoms with Crippen LogP contribution < -0.4 is 10.5 Å². The fraction of sp³-hybridized carbons (Fsp3) is 0.167. The Morgan fingerprint density at radius 1 is 1.40 bits per heavy atom. The van der Waals surface area contributed by atoms with Crippen molar-refractivity contribution in [3.05, 3.63) is 43.5 Å². The zero-order valence-electron chi connectivity index (χ0n) is 10.5. The maximum Gasteiger partial charge on any atom is 0.263 e. The Bertz CT molecular complexity index is 744. The molecule has 0 saturated carbocycles. The molecule has 4 nitrogen and oxygen atoms in total. The average molecular weight is 396 g/mol. The summed E-state index contributed by atoms with van der Waals surface area (Å²) in [6, 6.07) is 6.71. The number of rotatable bonds is 4. The summed E-state index contributed by atoms with van der Waals surface area (Å²) in [4.78, 5) is 0.952. The van der Waals surface area contributed by atoms with Gasteiger partial charge in [0.1, 0.15) is 4.90 Å². The lowest BCUT2D eigenvalue weighted by Gasteiger charge is -2.09. The van der Waals surface area contributed by atoms with Crippen molar-refractivity contribution in [3.8, 4) is 0 Å². The predicted molar refractivity (Wildman–Crippen MR) is 86.9 cm³/mol. The first-order valence-corrected chi connectivity index (χ1v) is 9.08. The van der Waals surface area contributed by atoms with Crippen molar-refractivity contribution in [2.24, 2.45) is 5.73 Å². The van der Waals surface area contributed by atoms with E-state index < -0.39 is 10.0 Å². The highest BCUT2D eigenvalue weighted by atomic mass is 79.9. The molecule has 0 unspecified atom stereocenters. The zero-order chi connectivity index (χ0) is 14.9. The van der Waals surface area contributed by atoms with Gasteiger partial charge < -0.3 is 5.73 Å². The number of nitrogens with one attached hydrogen (secondary N) is 1. The zero-order valence-corrected chi connectivity index (χ0v) is 14.5. The summed E-state index contributed by atoms with van der Waals surface area (Å²) in [5.41, 5.74) is 6.80. The van der Waals surface area contributed by atoms with E-state index >= 15 is 0 Å². The molecule has 0 bridgehead atoms. The van der Waals surface area contributed by atoms with Gasteiger partial charge in [0.05, 0.1) is 14.5 Å². The van der Waals surface area contributed by atoms with Crippen molar-refractivity contribution in [3.63, 3.8) is 0 Å². The first-order chi connectivity index (χ1) is 9.33. The molecule has 0 aliphatic rings. The quantitative estimate of drug-likeness (QED) is 0.828. The highest BCUT2D eigenvalue weighted by molar-refractivity contribution is 9.11. The molecular formula is C12H12BrClN2O2S2. The number of nitrogens with two attached hydrogens (primary N) is 1. The summed E-state index contributed by atoms with van der Waals surface area (Å²) in [5.74, 6) is 0. The van der Waals surface area contributed by atoms with Crippen LogP contribution >= 0.6 is 38.9 Å². The fourth-order valence-corrected chi connectivity index (χ4v) is 5.45. The van der Waals surface area contributed by atoms with Crippen LogP contribution in [0.2, 0.25) is 5.02 Å². The summed E-state index contributed by atoms with van der Waals surface area (Å²) in [6.07, 6.45) is 0. The van der Waals surface area contributed by atoms with E-state index in [4.69, 9.17) is 17.3 Å². The largest absolute Gasteiger partial charge is 0.326 e. The molecule has 1 heterocycles. The van der Waals surface area contributed by atoms with Crippen LogP contribution in [0.25, 0.3) is 0 Å². The van der Waals surface area contributed by atoms with Crippen molar-refractivity contribution in [2.75, 3.05) is 4.72 Å². The third-order valence-corrected chi connectivity index (χ3v) is 6.53. The monoisotopic (exact) mass is 394 g/mol. The lowest BCUT2D eigenvalue weighted by molar-refractivity contribution is 0.601. The molecule has 0 atom stereocenters. The maximum absolute atomic E-state index is 12.4. The van der Waals surface area contributed by atoms with Gasteiger partial charge in [-0.25, -0.2) is 8.42 Å². The standard InChI is InChI=1S/C12H12BrClN2O2S2/c1-7-2-3-9(14)10(4-7)16-20(17,18)11-5-8(6-15)19-12(11)13/h2-5,16H,6,15H2,1H3. The molecule has 0 fully saturated rings. The van der Waals surface area contributed by atoms with Crippen LogP contribution in [-0.2, 0) is 16.6 Å². The molecule has 0 aliphatic heterocycles. The van der Waals surface area contributed by atoms with Crippen LogP contribution in [0.15, 0.2) is 32.9 Å². The molecule has 0 radical (unpaired) electrons. The molecule has 2 rings (SSSR count). The fourth-order valence-electron chi connectivity index (χ4n) is 1.60. The molecular weight excluding hydrogens is 384 g/mol. The van der Waals surface area contributed by atoms with E-state index in [1.54, 1.807) is 18.2 Å². The minimum absolute atomic E-state index is 0.167. The van der Waals surface area contributed by atoms with Crippen molar-refractivity contribution in [2.45, 2.75) is 18.4 Å². The minimum Gasteiger partial charge on any atom is -0.326 e. The summed E-state index contributed by atoms with van der Waals surface area (Å²) < 4.78 is 27.8. The van der Waals surface area contributed by atoms with E-state index in [0.29, 0.717) is 21.0 Å². The van der Waals surface area contributed by atoms with Gasteiger partial charge in [0.15, 0.2) is 0 Å². The molecule has 1 aromatic heterocycles. The van der Waals surface area contributed by atoms with E-state index in [0.717, 1.165) is 10.4 Å². The molecule has 0 aliphatic carbocycles. The SMILES string of the molecule is Cc1ccc(Cl)c(NS(=O)(=O)c2cc(CN)sc2Br)c1. The Morgan fingerprint density at radius 3 is 2.70 bits per heavy atom. The van der Waals surface area contributed by atoms with Gasteiger partial charge >= 0.3 is 0 Å². The molecule has 0 amide bonds. The number of hydrogen-bond donors (Lipinski definition) is 2. The predicted octanol–water partition coefficient (Wildman–Crippen LogP) is 3.73. The highest BCUT2D eigenvalue weighted by Crippen LogP contribution is 2.33. The first kappa shape index (κ1) is 15.8. The average Bonchev–Trinajstić information content (AvgIpc) is 2.76. The number of benzene rings is 1. The van der Waals surface area contributed by atoms with E-state index in [1.165, 1.54) is 11.3 Å². The van der Waals surface area contributed by atoms with Crippen molar-refractivity contribution < 1.29 is 8.42 Å². The third kappa shape index (κ3) is 3.35. The van der Waals surface area contributed by atoms with Crippen LogP contribution in [0.4, 0.5) is 5.69 Å². The van der Waals surface area contributed by atoms with Gasteiger partial charge in [-0.05, 0) is 46.6 Å². The Hall–Kier alpha value is -0.600. The van der Waals surface area contributed by atoms with Crippen LogP contribution in [0, 0.1) is 6.92 Å². The van der Waals surface area contributed by atoms with Gasteiger partial charge in [-0.2, -0.15) is 0 Å². The Balaban J connectivity index is 2.40. The second-order valence-corrected chi connectivity index (χ2v) is 8.66. The van der Waals surface area contributed by atoms with Crippen LogP contribution in [0.3, 0.4) is 0 Å². The lowest BCUT2D eigenvalue weighted by Crippen LogP contribution is -2.13. The van der Waals surface area contributed by atoms with E-state index in [-0.39, 0.29) is 4.90 Å². The van der Waals surface area contributed by atoms with Crippen molar-refractivity contribution >= 4 is 54.6 Å². The number of halogens is 2. The van der Waals surface area contributed by atoms with Gasteiger partial charge in [0.25, 0.3) is 10.0 Å². The molecule has 108 valence electrons. The van der Waals surface area contributed by atoms with Crippen molar-refractivity contribution in [1.82, 2.24) is 0 Å². The third-order valence-electron chi connectivity index (χ3n) is 2.56. The first-order valence-electron chi connectivity index (χ1n) is 5.60.